The average Bonchev–Trinajstić information content (AvgIpc) is 2.15. The lowest BCUT2D eigenvalue weighted by atomic mass is 10.1. The van der Waals surface area contributed by atoms with Crippen molar-refractivity contribution in [3.8, 4) is 0 Å². The van der Waals surface area contributed by atoms with Gasteiger partial charge in [-0.3, -0.25) is 0 Å². The van der Waals surface area contributed by atoms with Gasteiger partial charge in [-0.05, 0) is 12.0 Å². The Morgan fingerprint density at radius 2 is 2.00 bits per heavy atom. The molecule has 0 aromatic heterocycles. The largest absolute Gasteiger partial charge is 0.111 e. The van der Waals surface area contributed by atoms with Crippen LogP contribution in [0.15, 0.2) is 30.3 Å². The summed E-state index contributed by atoms with van der Waals surface area (Å²) >= 11 is 4.28. The second-order valence-corrected chi connectivity index (χ2v) is 4.21. The molecule has 1 rings (SSSR count). The third-order valence-corrected chi connectivity index (χ3v) is 3.38. The highest BCUT2D eigenvalue weighted by Gasteiger charge is 2.07. The van der Waals surface area contributed by atoms with Crippen LogP contribution in [0.3, 0.4) is 0 Å². The van der Waals surface area contributed by atoms with Crippen molar-refractivity contribution in [2.45, 2.75) is 25.0 Å². The van der Waals surface area contributed by atoms with Gasteiger partial charge in [0.05, 0.1) is 0 Å². The zero-order valence-electron chi connectivity index (χ0n) is 7.23. The topological polar surface area (TPSA) is 0 Å². The third kappa shape index (κ3) is 2.76. The molecule has 66 valence electrons. The summed E-state index contributed by atoms with van der Waals surface area (Å²) in [5.74, 6) is 0. The molecule has 0 heterocycles. The Labute approximate surface area is 83.6 Å². The fraction of sp³-hybridized carbons (Fsp3) is 0.400. The van der Waals surface area contributed by atoms with Crippen LogP contribution in [0.2, 0.25) is 0 Å². The van der Waals surface area contributed by atoms with Gasteiger partial charge in [0.1, 0.15) is 0 Å². The van der Waals surface area contributed by atoms with E-state index in [4.69, 9.17) is 0 Å². The van der Waals surface area contributed by atoms with Crippen molar-refractivity contribution in [2.24, 2.45) is 0 Å². The average molecular weight is 198 g/mol. The smallest absolute Gasteiger partial charge is 0.0398 e. The van der Waals surface area contributed by atoms with Gasteiger partial charge in [-0.15, -0.1) is 11.7 Å². The first kappa shape index (κ1) is 10.0. The van der Waals surface area contributed by atoms with Crippen LogP contribution in [-0.4, -0.2) is 0 Å². The molecule has 2 heteroatoms. The summed E-state index contributed by atoms with van der Waals surface area (Å²) in [6, 6.07) is 10.6. The highest BCUT2D eigenvalue weighted by Crippen LogP contribution is 2.34. The van der Waals surface area contributed by atoms with Crippen molar-refractivity contribution in [3.05, 3.63) is 35.9 Å². The maximum atomic E-state index is 4.28. The molecule has 1 aromatic rings. The minimum Gasteiger partial charge on any atom is -0.111 e. The van der Waals surface area contributed by atoms with Gasteiger partial charge in [0.15, 0.2) is 0 Å². The predicted molar refractivity (Wildman–Crippen MR) is 60.7 cm³/mol. The van der Waals surface area contributed by atoms with E-state index in [0.717, 1.165) is 0 Å². The van der Waals surface area contributed by atoms with E-state index in [-0.39, 0.29) is 0 Å². The molecule has 0 saturated heterocycles. The Morgan fingerprint density at radius 3 is 2.50 bits per heavy atom. The maximum absolute atomic E-state index is 4.28. The quantitative estimate of drug-likeness (QED) is 0.561. The van der Waals surface area contributed by atoms with Crippen LogP contribution in [0, 0.1) is 0 Å². The molecule has 0 spiro atoms. The number of hydrogen-bond acceptors (Lipinski definition) is 2. The van der Waals surface area contributed by atoms with Crippen LogP contribution in [0.1, 0.15) is 30.6 Å². The van der Waals surface area contributed by atoms with Gasteiger partial charge in [0.2, 0.25) is 0 Å². The van der Waals surface area contributed by atoms with Gasteiger partial charge < -0.3 is 0 Å². The van der Waals surface area contributed by atoms with Gasteiger partial charge >= 0.3 is 0 Å². The summed E-state index contributed by atoms with van der Waals surface area (Å²) in [5, 5.41) is 0.555. The Hall–Kier alpha value is -0.0800. The van der Waals surface area contributed by atoms with Crippen molar-refractivity contribution in [3.63, 3.8) is 0 Å². The minimum absolute atomic E-state index is 0.555. The van der Waals surface area contributed by atoms with E-state index in [0.29, 0.717) is 5.25 Å². The third-order valence-electron chi connectivity index (χ3n) is 1.85. The van der Waals surface area contributed by atoms with Gasteiger partial charge in [0.25, 0.3) is 0 Å². The molecule has 0 bridgehead atoms. The molecule has 0 aliphatic heterocycles. The highest BCUT2D eigenvalue weighted by molar-refractivity contribution is 8.68. The first-order valence-electron chi connectivity index (χ1n) is 4.23. The van der Waals surface area contributed by atoms with E-state index < -0.39 is 0 Å². The molecule has 0 radical (unpaired) electrons. The van der Waals surface area contributed by atoms with E-state index in [9.17, 15) is 0 Å². The molecule has 1 unspecified atom stereocenters. The van der Waals surface area contributed by atoms with Crippen LogP contribution in [0.4, 0.5) is 0 Å². The Balaban J connectivity index is 2.66. The lowest BCUT2D eigenvalue weighted by Crippen LogP contribution is -1.90. The predicted octanol–water partition coefficient (Wildman–Crippen LogP) is 4.11. The lowest BCUT2D eigenvalue weighted by molar-refractivity contribution is 0.782. The molecular formula is C10H14S2. The summed E-state index contributed by atoms with van der Waals surface area (Å²) in [4.78, 5) is 0. The van der Waals surface area contributed by atoms with Crippen LogP contribution >= 0.6 is 22.5 Å². The van der Waals surface area contributed by atoms with Crippen molar-refractivity contribution in [2.75, 3.05) is 0 Å². The van der Waals surface area contributed by atoms with Crippen molar-refractivity contribution in [1.82, 2.24) is 0 Å². The molecule has 0 nitrogen and oxygen atoms in total. The van der Waals surface area contributed by atoms with Crippen LogP contribution < -0.4 is 0 Å². The zero-order chi connectivity index (χ0) is 8.81. The number of thiol groups is 1. The van der Waals surface area contributed by atoms with Gasteiger partial charge in [-0.2, -0.15) is 0 Å². The maximum Gasteiger partial charge on any atom is 0.0398 e. The zero-order valence-corrected chi connectivity index (χ0v) is 8.94. The number of rotatable bonds is 4. The SMILES string of the molecule is CCCC(SS)c1ccccc1. The number of hydrogen-bond donors (Lipinski definition) is 1. The highest BCUT2D eigenvalue weighted by atomic mass is 33.1. The summed E-state index contributed by atoms with van der Waals surface area (Å²) in [6.45, 7) is 2.21. The lowest BCUT2D eigenvalue weighted by Gasteiger charge is -2.11. The molecule has 0 N–H and O–H groups in total. The van der Waals surface area contributed by atoms with Crippen molar-refractivity contribution >= 4 is 22.5 Å². The van der Waals surface area contributed by atoms with E-state index in [1.54, 1.807) is 10.8 Å². The first-order chi connectivity index (χ1) is 5.88. The molecule has 0 amide bonds. The first-order valence-corrected chi connectivity index (χ1v) is 6.16. The second-order valence-electron chi connectivity index (χ2n) is 2.79. The van der Waals surface area contributed by atoms with Crippen molar-refractivity contribution < 1.29 is 0 Å². The van der Waals surface area contributed by atoms with E-state index in [2.05, 4.69) is 48.9 Å². The number of benzene rings is 1. The minimum atomic E-state index is 0.555. The summed E-state index contributed by atoms with van der Waals surface area (Å²) < 4.78 is 0. The molecular weight excluding hydrogens is 184 g/mol. The van der Waals surface area contributed by atoms with Crippen LogP contribution in [0.5, 0.6) is 0 Å². The van der Waals surface area contributed by atoms with Gasteiger partial charge in [0, 0.05) is 5.25 Å². The molecule has 12 heavy (non-hydrogen) atoms. The summed E-state index contributed by atoms with van der Waals surface area (Å²) in [6.07, 6.45) is 2.42. The second kappa shape index (κ2) is 5.55. The van der Waals surface area contributed by atoms with Gasteiger partial charge in [-0.1, -0.05) is 54.5 Å². The van der Waals surface area contributed by atoms with Crippen LogP contribution in [-0.2, 0) is 0 Å². The molecule has 0 fully saturated rings. The summed E-state index contributed by atoms with van der Waals surface area (Å²) in [5.41, 5.74) is 1.39. The monoisotopic (exact) mass is 198 g/mol. The Kier molecular flexibility index (Phi) is 4.62. The van der Waals surface area contributed by atoms with E-state index >= 15 is 0 Å². The molecule has 1 aromatic carbocycles. The molecule has 1 atom stereocenters. The fourth-order valence-corrected chi connectivity index (χ4v) is 2.51. The van der Waals surface area contributed by atoms with Gasteiger partial charge in [-0.25, -0.2) is 0 Å². The van der Waals surface area contributed by atoms with Crippen LogP contribution in [0.25, 0.3) is 0 Å². The normalized spacial score (nSPS) is 12.8. The standard InChI is InChI=1S/C10H14S2/c1-2-6-10(12-11)9-7-4-3-5-8-9/h3-5,7-8,10-11H,2,6H2,1H3. The molecule has 0 saturated carbocycles. The van der Waals surface area contributed by atoms with Crippen molar-refractivity contribution in [1.29, 1.82) is 0 Å². The van der Waals surface area contributed by atoms with E-state index in [1.807, 2.05) is 0 Å². The Morgan fingerprint density at radius 1 is 1.33 bits per heavy atom. The van der Waals surface area contributed by atoms with E-state index in [1.165, 1.54) is 18.4 Å². The molecule has 0 aliphatic rings. The fourth-order valence-electron chi connectivity index (χ4n) is 1.21. The summed E-state index contributed by atoms with van der Waals surface area (Å²) in [7, 11) is 1.64. The molecule has 0 aliphatic carbocycles. The Bertz CT molecular complexity index is 208.